The van der Waals surface area contributed by atoms with Crippen LogP contribution < -0.4 is 10.6 Å². The van der Waals surface area contributed by atoms with Gasteiger partial charge in [0.05, 0.1) is 17.7 Å². The lowest BCUT2D eigenvalue weighted by Crippen LogP contribution is -2.37. The Morgan fingerprint density at radius 1 is 1.59 bits per heavy atom. The summed E-state index contributed by atoms with van der Waals surface area (Å²) in [6.45, 7) is 2.35. The number of methoxy groups -OCH3 is 1. The molecule has 0 radical (unpaired) electrons. The summed E-state index contributed by atoms with van der Waals surface area (Å²) in [6, 6.07) is 4.67. The molecule has 1 aromatic rings. The molecule has 0 spiro atoms. The fourth-order valence-corrected chi connectivity index (χ4v) is 2.57. The van der Waals surface area contributed by atoms with E-state index >= 15 is 0 Å². The number of hydrogen-bond donors (Lipinski definition) is 2. The molecule has 1 aromatic carbocycles. The highest BCUT2D eigenvalue weighted by Gasteiger charge is 2.27. The third-order valence-corrected chi connectivity index (χ3v) is 3.83. The summed E-state index contributed by atoms with van der Waals surface area (Å²) in [5.74, 6) is -0.668. The molecule has 1 heterocycles. The molecular weight excluding hydrogens is 311 g/mol. The van der Waals surface area contributed by atoms with Crippen LogP contribution in [0.1, 0.15) is 11.7 Å². The van der Waals surface area contributed by atoms with Crippen LogP contribution in [-0.2, 0) is 14.3 Å². The predicted molar refractivity (Wildman–Crippen MR) is 81.3 cm³/mol. The molecule has 0 aliphatic carbocycles. The lowest BCUT2D eigenvalue weighted by molar-refractivity contribution is -0.125. The first-order valence-electron chi connectivity index (χ1n) is 7.14. The number of carbonyl (C=O) groups excluding carboxylic acids is 1. The van der Waals surface area contributed by atoms with E-state index < -0.39 is 5.82 Å². The van der Waals surface area contributed by atoms with E-state index in [1.165, 1.54) is 19.2 Å². The molecule has 122 valence electrons. The summed E-state index contributed by atoms with van der Waals surface area (Å²) in [7, 11) is 1.47. The number of hydrogen-bond acceptors (Lipinski definition) is 4. The van der Waals surface area contributed by atoms with Crippen LogP contribution in [0.2, 0.25) is 5.02 Å². The third kappa shape index (κ3) is 4.64. The highest BCUT2D eigenvalue weighted by Crippen LogP contribution is 2.29. The largest absolute Gasteiger partial charge is 0.375 e. The van der Waals surface area contributed by atoms with Crippen molar-refractivity contribution in [3.05, 3.63) is 34.6 Å². The first-order valence-corrected chi connectivity index (χ1v) is 7.52. The zero-order chi connectivity index (χ0) is 15.9. The lowest BCUT2D eigenvalue weighted by atomic mass is 9.95. The molecule has 0 aromatic heterocycles. The second-order valence-electron chi connectivity index (χ2n) is 5.17. The maximum atomic E-state index is 13.7. The molecule has 2 N–H and O–H groups in total. The molecule has 7 heteroatoms. The van der Waals surface area contributed by atoms with E-state index in [4.69, 9.17) is 21.1 Å². The minimum atomic E-state index is -0.470. The Bertz CT molecular complexity index is 516. The number of rotatable bonds is 5. The fraction of sp³-hybridized carbons (Fsp3) is 0.533. The third-order valence-electron chi connectivity index (χ3n) is 3.52. The fourth-order valence-electron chi connectivity index (χ4n) is 2.45. The second kappa shape index (κ2) is 8.43. The quantitative estimate of drug-likeness (QED) is 0.859. The number of carbonyl (C=O) groups is 1. The van der Waals surface area contributed by atoms with Crippen molar-refractivity contribution in [3.63, 3.8) is 0 Å². The molecule has 1 saturated heterocycles. The molecule has 22 heavy (non-hydrogen) atoms. The lowest BCUT2D eigenvalue weighted by Gasteiger charge is -2.25. The molecule has 0 unspecified atom stereocenters. The molecule has 1 amide bonds. The van der Waals surface area contributed by atoms with Crippen molar-refractivity contribution < 1.29 is 18.7 Å². The van der Waals surface area contributed by atoms with Gasteiger partial charge >= 0.3 is 0 Å². The highest BCUT2D eigenvalue weighted by molar-refractivity contribution is 6.30. The maximum absolute atomic E-state index is 13.7. The first-order chi connectivity index (χ1) is 10.6. The van der Waals surface area contributed by atoms with Gasteiger partial charge in [0.25, 0.3) is 0 Å². The molecule has 2 rings (SSSR count). The van der Waals surface area contributed by atoms with Gasteiger partial charge < -0.3 is 20.1 Å². The molecule has 5 nitrogen and oxygen atoms in total. The average Bonchev–Trinajstić information content (AvgIpc) is 2.74. The van der Waals surface area contributed by atoms with Crippen LogP contribution in [0.5, 0.6) is 0 Å². The molecule has 0 bridgehead atoms. The minimum Gasteiger partial charge on any atom is -0.375 e. The second-order valence-corrected chi connectivity index (χ2v) is 5.57. The van der Waals surface area contributed by atoms with Crippen LogP contribution in [0.15, 0.2) is 18.2 Å². The van der Waals surface area contributed by atoms with Crippen molar-refractivity contribution in [1.82, 2.24) is 10.6 Å². The van der Waals surface area contributed by atoms with Gasteiger partial charge in [-0.3, -0.25) is 4.79 Å². The van der Waals surface area contributed by atoms with E-state index in [0.29, 0.717) is 19.7 Å². The predicted octanol–water partition coefficient (Wildman–Crippen LogP) is 1.52. The molecular formula is C15H20ClFN2O3. The van der Waals surface area contributed by atoms with Crippen molar-refractivity contribution in [3.8, 4) is 0 Å². The summed E-state index contributed by atoms with van der Waals surface area (Å²) in [5, 5.41) is 6.14. The molecule has 1 aliphatic heterocycles. The van der Waals surface area contributed by atoms with Gasteiger partial charge in [0.2, 0.25) is 5.91 Å². The zero-order valence-electron chi connectivity index (χ0n) is 12.4. The van der Waals surface area contributed by atoms with Crippen molar-refractivity contribution in [2.45, 2.75) is 6.10 Å². The maximum Gasteiger partial charge on any atom is 0.245 e. The summed E-state index contributed by atoms with van der Waals surface area (Å²) >= 11 is 5.73. The van der Waals surface area contributed by atoms with E-state index in [9.17, 15) is 9.18 Å². The van der Waals surface area contributed by atoms with Gasteiger partial charge in [-0.1, -0.05) is 17.7 Å². The van der Waals surface area contributed by atoms with E-state index in [1.54, 1.807) is 6.07 Å². The SMILES string of the molecule is COCC(=O)NC[C@@H]1CNCCO[C@H]1c1ccc(Cl)c(F)c1. The van der Waals surface area contributed by atoms with Gasteiger partial charge in [0.15, 0.2) is 0 Å². The van der Waals surface area contributed by atoms with Crippen molar-refractivity contribution in [1.29, 1.82) is 0 Å². The Balaban J connectivity index is 2.09. The standard InChI is InChI=1S/C15H20ClFN2O3/c1-21-9-14(20)19-8-11-7-18-4-5-22-15(11)10-2-3-12(16)13(17)6-10/h2-3,6,11,15,18H,4-5,7-9H2,1H3,(H,19,20)/t11-,15-/m0/s1. The van der Waals surface area contributed by atoms with Crippen LogP contribution in [-0.4, -0.2) is 45.9 Å². The Kier molecular flexibility index (Phi) is 6.57. The number of amides is 1. The van der Waals surface area contributed by atoms with Crippen LogP contribution in [0, 0.1) is 11.7 Å². The number of ether oxygens (including phenoxy) is 2. The van der Waals surface area contributed by atoms with E-state index in [0.717, 1.165) is 12.1 Å². The smallest absolute Gasteiger partial charge is 0.245 e. The van der Waals surface area contributed by atoms with Gasteiger partial charge in [0.1, 0.15) is 12.4 Å². The highest BCUT2D eigenvalue weighted by atomic mass is 35.5. The molecule has 1 aliphatic rings. The first kappa shape index (κ1) is 17.1. The zero-order valence-corrected chi connectivity index (χ0v) is 13.2. The summed E-state index contributed by atoms with van der Waals surface area (Å²) in [5.41, 5.74) is 0.719. The Labute approximate surface area is 134 Å². The van der Waals surface area contributed by atoms with Crippen LogP contribution >= 0.6 is 11.6 Å². The average molecular weight is 331 g/mol. The summed E-state index contributed by atoms with van der Waals surface area (Å²) in [4.78, 5) is 11.5. The van der Waals surface area contributed by atoms with Gasteiger partial charge in [-0.2, -0.15) is 0 Å². The monoisotopic (exact) mass is 330 g/mol. The number of nitrogens with one attached hydrogen (secondary N) is 2. The normalized spacial score (nSPS) is 22.1. The van der Waals surface area contributed by atoms with Gasteiger partial charge in [0, 0.05) is 32.7 Å². The number of halogens is 2. The van der Waals surface area contributed by atoms with Crippen LogP contribution in [0.25, 0.3) is 0 Å². The Morgan fingerprint density at radius 3 is 3.14 bits per heavy atom. The van der Waals surface area contributed by atoms with E-state index in [1.807, 2.05) is 0 Å². The van der Waals surface area contributed by atoms with Crippen molar-refractivity contribution >= 4 is 17.5 Å². The molecule has 1 fully saturated rings. The Hall–Kier alpha value is -1.21. The van der Waals surface area contributed by atoms with Crippen LogP contribution in [0.3, 0.4) is 0 Å². The summed E-state index contributed by atoms with van der Waals surface area (Å²) < 4.78 is 24.3. The van der Waals surface area contributed by atoms with Crippen LogP contribution in [0.4, 0.5) is 4.39 Å². The van der Waals surface area contributed by atoms with E-state index in [2.05, 4.69) is 10.6 Å². The Morgan fingerprint density at radius 2 is 2.41 bits per heavy atom. The molecule has 0 saturated carbocycles. The topological polar surface area (TPSA) is 59.6 Å². The van der Waals surface area contributed by atoms with E-state index in [-0.39, 0.29) is 29.6 Å². The summed E-state index contributed by atoms with van der Waals surface area (Å²) in [6.07, 6.45) is -0.301. The molecule has 2 atom stereocenters. The van der Waals surface area contributed by atoms with Crippen molar-refractivity contribution in [2.24, 2.45) is 5.92 Å². The number of benzene rings is 1. The van der Waals surface area contributed by atoms with Gasteiger partial charge in [-0.05, 0) is 17.7 Å². The van der Waals surface area contributed by atoms with Gasteiger partial charge in [-0.15, -0.1) is 0 Å². The van der Waals surface area contributed by atoms with Gasteiger partial charge in [-0.25, -0.2) is 4.39 Å². The van der Waals surface area contributed by atoms with Crippen molar-refractivity contribution in [2.75, 3.05) is 40.0 Å². The minimum absolute atomic E-state index is 0.0103.